The summed E-state index contributed by atoms with van der Waals surface area (Å²) in [7, 11) is 0. The van der Waals surface area contributed by atoms with Crippen LogP contribution in [-0.4, -0.2) is 22.2 Å². The van der Waals surface area contributed by atoms with E-state index in [1.807, 2.05) is 36.4 Å². The highest BCUT2D eigenvalue weighted by Gasteiger charge is 2.14. The summed E-state index contributed by atoms with van der Waals surface area (Å²) in [5.41, 5.74) is 1.76. The van der Waals surface area contributed by atoms with Crippen molar-refractivity contribution < 1.29 is 4.79 Å². The van der Waals surface area contributed by atoms with Crippen molar-refractivity contribution >= 4 is 5.91 Å². The largest absolute Gasteiger partial charge is 0.350 e. The summed E-state index contributed by atoms with van der Waals surface area (Å²) in [5.74, 6) is -0.0516. The molecule has 132 valence electrons. The summed E-state index contributed by atoms with van der Waals surface area (Å²) in [5, 5.41) is 7.14. The summed E-state index contributed by atoms with van der Waals surface area (Å²) in [6.07, 6.45) is 0.918. The molecule has 0 aliphatic rings. The molecular weight excluding hydrogens is 326 g/mol. The first-order valence-electron chi connectivity index (χ1n) is 8.68. The Kier molecular flexibility index (Phi) is 5.59. The maximum atomic E-state index is 12.5. The third-order valence-electron chi connectivity index (χ3n) is 4.31. The lowest BCUT2D eigenvalue weighted by Crippen LogP contribution is -2.31. The van der Waals surface area contributed by atoms with E-state index >= 15 is 0 Å². The van der Waals surface area contributed by atoms with Gasteiger partial charge in [0.25, 0.3) is 11.5 Å². The highest BCUT2D eigenvalue weighted by molar-refractivity contribution is 5.92. The van der Waals surface area contributed by atoms with Crippen LogP contribution in [0.4, 0.5) is 0 Å². The average molecular weight is 347 g/mol. The Morgan fingerprint density at radius 3 is 2.31 bits per heavy atom. The van der Waals surface area contributed by atoms with Gasteiger partial charge in [-0.2, -0.15) is 9.78 Å². The van der Waals surface area contributed by atoms with Gasteiger partial charge >= 0.3 is 0 Å². The maximum absolute atomic E-state index is 12.5. The number of hydrogen-bond donors (Lipinski definition) is 1. The summed E-state index contributed by atoms with van der Waals surface area (Å²) >= 11 is 0. The van der Waals surface area contributed by atoms with E-state index in [2.05, 4.69) is 29.5 Å². The van der Waals surface area contributed by atoms with E-state index in [1.165, 1.54) is 22.4 Å². The highest BCUT2D eigenvalue weighted by Crippen LogP contribution is 2.18. The predicted molar refractivity (Wildman–Crippen MR) is 102 cm³/mol. The fourth-order valence-corrected chi connectivity index (χ4v) is 2.82. The molecule has 1 heterocycles. The molecule has 1 N–H and O–H groups in total. The van der Waals surface area contributed by atoms with Gasteiger partial charge in [0.2, 0.25) is 0 Å². The van der Waals surface area contributed by atoms with Crippen LogP contribution in [0.25, 0.3) is 5.69 Å². The molecule has 1 aromatic heterocycles. The van der Waals surface area contributed by atoms with Gasteiger partial charge in [0, 0.05) is 18.5 Å². The second kappa shape index (κ2) is 8.25. The van der Waals surface area contributed by atoms with Crippen molar-refractivity contribution in [1.29, 1.82) is 0 Å². The van der Waals surface area contributed by atoms with Gasteiger partial charge in [-0.25, -0.2) is 0 Å². The van der Waals surface area contributed by atoms with Crippen molar-refractivity contribution in [2.24, 2.45) is 0 Å². The number of benzene rings is 2. The monoisotopic (exact) mass is 347 g/mol. The Bertz CT molecular complexity index is 921. The van der Waals surface area contributed by atoms with E-state index in [0.717, 1.165) is 6.42 Å². The van der Waals surface area contributed by atoms with Gasteiger partial charge in [-0.3, -0.25) is 9.59 Å². The predicted octanol–water partition coefficient (Wildman–Crippen LogP) is 3.16. The van der Waals surface area contributed by atoms with Gasteiger partial charge in [-0.15, -0.1) is 0 Å². The van der Waals surface area contributed by atoms with E-state index in [0.29, 0.717) is 12.2 Å². The molecule has 0 spiro atoms. The summed E-state index contributed by atoms with van der Waals surface area (Å²) in [6.45, 7) is 2.61. The van der Waals surface area contributed by atoms with Crippen LogP contribution in [-0.2, 0) is 0 Å². The van der Waals surface area contributed by atoms with Gasteiger partial charge in [-0.1, -0.05) is 55.5 Å². The summed E-state index contributed by atoms with van der Waals surface area (Å²) in [6, 6.07) is 22.0. The van der Waals surface area contributed by atoms with Crippen molar-refractivity contribution in [3.8, 4) is 5.69 Å². The van der Waals surface area contributed by atoms with Crippen molar-refractivity contribution in [1.82, 2.24) is 15.1 Å². The first kappa shape index (κ1) is 17.6. The number of rotatable bonds is 6. The minimum absolute atomic E-state index is 0.219. The van der Waals surface area contributed by atoms with Gasteiger partial charge in [0.05, 0.1) is 5.69 Å². The molecule has 0 saturated heterocycles. The smallest absolute Gasteiger partial charge is 0.271 e. The second-order valence-corrected chi connectivity index (χ2v) is 6.03. The maximum Gasteiger partial charge on any atom is 0.271 e. The van der Waals surface area contributed by atoms with Crippen LogP contribution in [0.1, 0.15) is 35.3 Å². The molecule has 1 amide bonds. The van der Waals surface area contributed by atoms with Crippen molar-refractivity contribution in [3.05, 3.63) is 94.4 Å². The zero-order chi connectivity index (χ0) is 18.4. The van der Waals surface area contributed by atoms with E-state index in [4.69, 9.17) is 0 Å². The molecule has 0 fully saturated rings. The van der Waals surface area contributed by atoms with Crippen LogP contribution in [0, 0.1) is 0 Å². The number of carbonyl (C=O) groups excluding carboxylic acids is 1. The number of nitrogens with one attached hydrogen (secondary N) is 1. The third kappa shape index (κ3) is 4.06. The molecule has 0 bridgehead atoms. The van der Waals surface area contributed by atoms with Gasteiger partial charge < -0.3 is 5.32 Å². The standard InChI is InChI=1S/C21H21N3O2/c1-2-16(17-9-5-3-6-10-17)15-22-21(26)19-13-14-20(25)24(23-19)18-11-7-4-8-12-18/h3-14,16H,2,15H2,1H3,(H,22,26). The van der Waals surface area contributed by atoms with Crippen molar-refractivity contribution in [3.63, 3.8) is 0 Å². The molecular formula is C21H21N3O2. The Morgan fingerprint density at radius 1 is 1.00 bits per heavy atom. The Labute approximate surface area is 152 Å². The highest BCUT2D eigenvalue weighted by atomic mass is 16.2. The molecule has 0 aliphatic heterocycles. The SMILES string of the molecule is CCC(CNC(=O)c1ccc(=O)n(-c2ccccc2)n1)c1ccccc1. The molecule has 1 atom stereocenters. The number of nitrogens with zero attached hydrogens (tertiary/aromatic N) is 2. The lowest BCUT2D eigenvalue weighted by Gasteiger charge is -2.16. The Balaban J connectivity index is 1.75. The summed E-state index contributed by atoms with van der Waals surface area (Å²) in [4.78, 5) is 24.6. The molecule has 0 saturated carbocycles. The number of aromatic nitrogens is 2. The van der Waals surface area contributed by atoms with E-state index in [9.17, 15) is 9.59 Å². The average Bonchev–Trinajstić information content (AvgIpc) is 2.70. The van der Waals surface area contributed by atoms with Crippen LogP contribution in [0.2, 0.25) is 0 Å². The number of hydrogen-bond acceptors (Lipinski definition) is 3. The summed E-state index contributed by atoms with van der Waals surface area (Å²) < 4.78 is 1.24. The van der Waals surface area contributed by atoms with Gasteiger partial charge in [-0.05, 0) is 30.2 Å². The fourth-order valence-electron chi connectivity index (χ4n) is 2.82. The topological polar surface area (TPSA) is 64.0 Å². The first-order chi connectivity index (χ1) is 12.7. The van der Waals surface area contributed by atoms with Crippen molar-refractivity contribution in [2.45, 2.75) is 19.3 Å². The lowest BCUT2D eigenvalue weighted by atomic mass is 9.96. The fraction of sp³-hybridized carbons (Fsp3) is 0.190. The molecule has 1 unspecified atom stereocenters. The van der Waals surface area contributed by atoms with Crippen LogP contribution in [0.5, 0.6) is 0 Å². The third-order valence-corrected chi connectivity index (χ3v) is 4.31. The Hall–Kier alpha value is -3.21. The number of para-hydroxylation sites is 1. The van der Waals surface area contributed by atoms with E-state index in [-0.39, 0.29) is 23.1 Å². The number of carbonyl (C=O) groups is 1. The lowest BCUT2D eigenvalue weighted by molar-refractivity contribution is 0.0944. The quantitative estimate of drug-likeness (QED) is 0.745. The minimum atomic E-state index is -0.288. The molecule has 2 aromatic carbocycles. The van der Waals surface area contributed by atoms with Crippen molar-refractivity contribution in [2.75, 3.05) is 6.54 Å². The van der Waals surface area contributed by atoms with Gasteiger partial charge in [0.15, 0.2) is 0 Å². The van der Waals surface area contributed by atoms with Crippen LogP contribution >= 0.6 is 0 Å². The molecule has 5 heteroatoms. The first-order valence-corrected chi connectivity index (χ1v) is 8.68. The van der Waals surface area contributed by atoms with E-state index in [1.54, 1.807) is 12.1 Å². The van der Waals surface area contributed by atoms with Crippen LogP contribution in [0.3, 0.4) is 0 Å². The zero-order valence-electron chi connectivity index (χ0n) is 14.6. The molecule has 3 aromatic rings. The van der Waals surface area contributed by atoms with Gasteiger partial charge in [0.1, 0.15) is 5.69 Å². The van der Waals surface area contributed by atoms with E-state index < -0.39 is 0 Å². The second-order valence-electron chi connectivity index (χ2n) is 6.03. The number of amides is 1. The van der Waals surface area contributed by atoms with Crippen LogP contribution in [0.15, 0.2) is 77.6 Å². The molecule has 3 rings (SSSR count). The Morgan fingerprint density at radius 2 is 1.65 bits per heavy atom. The zero-order valence-corrected chi connectivity index (χ0v) is 14.6. The molecule has 0 aliphatic carbocycles. The molecule has 5 nitrogen and oxygen atoms in total. The van der Waals surface area contributed by atoms with Crippen LogP contribution < -0.4 is 10.9 Å². The minimum Gasteiger partial charge on any atom is -0.350 e. The normalized spacial score (nSPS) is 11.7. The molecule has 26 heavy (non-hydrogen) atoms. The molecule has 0 radical (unpaired) electrons.